The maximum absolute atomic E-state index is 12.9. The number of nitrogens with zero attached hydrogens (tertiary/aromatic N) is 6. The molecule has 0 aliphatic carbocycles. The first-order valence-electron chi connectivity index (χ1n) is 10.4. The van der Waals surface area contributed by atoms with Gasteiger partial charge in [-0.2, -0.15) is 5.26 Å². The Balaban J connectivity index is 1.52. The van der Waals surface area contributed by atoms with E-state index in [9.17, 15) is 10.1 Å². The van der Waals surface area contributed by atoms with Gasteiger partial charge in [0.05, 0.1) is 24.1 Å². The molecule has 0 fully saturated rings. The van der Waals surface area contributed by atoms with Crippen molar-refractivity contribution in [3.05, 3.63) is 65.5 Å². The second kappa shape index (κ2) is 9.75. The van der Waals surface area contributed by atoms with Gasteiger partial charge < -0.3 is 18.9 Å². The number of thioether (sulfide) groups is 1. The van der Waals surface area contributed by atoms with Gasteiger partial charge in [-0.15, -0.1) is 10.2 Å². The van der Waals surface area contributed by atoms with Crippen molar-refractivity contribution in [2.45, 2.75) is 39.0 Å². The lowest BCUT2D eigenvalue weighted by Crippen LogP contribution is -2.19. The first kappa shape index (κ1) is 22.4. The van der Waals surface area contributed by atoms with Crippen molar-refractivity contribution in [2.24, 2.45) is 0 Å². The molecule has 0 spiro atoms. The molecule has 9 nitrogen and oxygen atoms in total. The molecule has 0 aliphatic heterocycles. The monoisotopic (exact) mass is 461 g/mol. The molecule has 4 aromatic rings. The molecular formula is C23H23N7O2S. The molecule has 1 amide bonds. The average molecular weight is 462 g/mol. The number of hydrogen-bond acceptors (Lipinski definition) is 7. The zero-order chi connectivity index (χ0) is 23.4. The van der Waals surface area contributed by atoms with Crippen LogP contribution >= 0.6 is 11.8 Å². The largest absolute Gasteiger partial charge is 0.467 e. The number of anilines is 1. The summed E-state index contributed by atoms with van der Waals surface area (Å²) in [5, 5.41) is 21.8. The minimum Gasteiger partial charge on any atom is -0.467 e. The van der Waals surface area contributed by atoms with Crippen molar-refractivity contribution >= 4 is 23.5 Å². The number of hydrogen-bond donors (Lipinski definition) is 1. The Hall–Kier alpha value is -3.84. The third kappa shape index (κ3) is 4.54. The Labute approximate surface area is 195 Å². The van der Waals surface area contributed by atoms with Crippen LogP contribution in [0.5, 0.6) is 0 Å². The van der Waals surface area contributed by atoms with E-state index >= 15 is 0 Å². The molecule has 0 saturated carbocycles. The first-order chi connectivity index (χ1) is 16.0. The molecule has 168 valence electrons. The van der Waals surface area contributed by atoms with Crippen LogP contribution in [0.25, 0.3) is 11.4 Å². The van der Waals surface area contributed by atoms with Crippen LogP contribution in [-0.4, -0.2) is 36.0 Å². The van der Waals surface area contributed by atoms with Gasteiger partial charge in [-0.05, 0) is 50.6 Å². The molecule has 4 rings (SSSR count). The molecule has 0 atom stereocenters. The average Bonchev–Trinajstić information content (AvgIpc) is 3.54. The van der Waals surface area contributed by atoms with E-state index in [0.717, 1.165) is 28.4 Å². The molecule has 1 N–H and O–H groups in total. The summed E-state index contributed by atoms with van der Waals surface area (Å²) in [4.78, 5) is 16.9. The van der Waals surface area contributed by atoms with Crippen LogP contribution in [0.15, 0.2) is 52.5 Å². The van der Waals surface area contributed by atoms with Crippen molar-refractivity contribution in [3.8, 4) is 17.5 Å². The number of nitriles is 1. The second-order valence-electron chi connectivity index (χ2n) is 7.33. The van der Waals surface area contributed by atoms with Gasteiger partial charge in [0.25, 0.3) is 0 Å². The van der Waals surface area contributed by atoms with Crippen LogP contribution in [0.2, 0.25) is 0 Å². The topological polar surface area (TPSA) is 115 Å². The summed E-state index contributed by atoms with van der Waals surface area (Å²) >= 11 is 1.30. The summed E-state index contributed by atoms with van der Waals surface area (Å²) < 4.78 is 9.32. The van der Waals surface area contributed by atoms with Crippen molar-refractivity contribution in [1.29, 1.82) is 5.26 Å². The molecule has 0 radical (unpaired) electrons. The fraction of sp³-hybridized carbons (Fsp3) is 0.261. The summed E-state index contributed by atoms with van der Waals surface area (Å²) in [6, 6.07) is 9.64. The highest BCUT2D eigenvalue weighted by Crippen LogP contribution is 2.28. The molecule has 0 aliphatic rings. The molecule has 33 heavy (non-hydrogen) atoms. The summed E-state index contributed by atoms with van der Waals surface area (Å²) in [7, 11) is 0. The quantitative estimate of drug-likeness (QED) is 0.394. The predicted molar refractivity (Wildman–Crippen MR) is 125 cm³/mol. The fourth-order valence-electron chi connectivity index (χ4n) is 3.58. The van der Waals surface area contributed by atoms with Crippen LogP contribution < -0.4 is 5.32 Å². The van der Waals surface area contributed by atoms with Crippen molar-refractivity contribution in [2.75, 3.05) is 11.1 Å². The van der Waals surface area contributed by atoms with Gasteiger partial charge in [-0.25, -0.2) is 0 Å². The summed E-state index contributed by atoms with van der Waals surface area (Å²) in [5.74, 6) is 1.84. The van der Waals surface area contributed by atoms with E-state index in [4.69, 9.17) is 4.42 Å². The number of carbonyl (C=O) groups excluding carboxylic acids is 1. The van der Waals surface area contributed by atoms with Gasteiger partial charge in [-0.1, -0.05) is 11.8 Å². The van der Waals surface area contributed by atoms with E-state index in [1.54, 1.807) is 18.7 Å². The highest BCUT2D eigenvalue weighted by Gasteiger charge is 2.21. The number of pyridine rings is 1. The van der Waals surface area contributed by atoms with Gasteiger partial charge in [0.15, 0.2) is 11.0 Å². The lowest BCUT2D eigenvalue weighted by atomic mass is 10.2. The third-order valence-electron chi connectivity index (χ3n) is 5.40. The van der Waals surface area contributed by atoms with E-state index in [1.165, 1.54) is 11.8 Å². The highest BCUT2D eigenvalue weighted by atomic mass is 32.2. The number of aromatic nitrogens is 5. The van der Waals surface area contributed by atoms with E-state index in [1.807, 2.05) is 54.2 Å². The zero-order valence-corrected chi connectivity index (χ0v) is 19.4. The van der Waals surface area contributed by atoms with Crippen molar-refractivity contribution in [1.82, 2.24) is 24.3 Å². The second-order valence-corrected chi connectivity index (χ2v) is 8.28. The van der Waals surface area contributed by atoms with Crippen LogP contribution in [-0.2, 0) is 17.9 Å². The molecule has 0 bridgehead atoms. The van der Waals surface area contributed by atoms with Gasteiger partial charge in [0.2, 0.25) is 5.91 Å². The number of carbonyl (C=O) groups is 1. The number of nitrogens with one attached hydrogen (secondary N) is 1. The summed E-state index contributed by atoms with van der Waals surface area (Å²) in [6.07, 6.45) is 5.02. The Morgan fingerprint density at radius 1 is 1.21 bits per heavy atom. The van der Waals surface area contributed by atoms with E-state index in [0.29, 0.717) is 29.6 Å². The number of rotatable bonds is 8. The van der Waals surface area contributed by atoms with E-state index in [-0.39, 0.29) is 11.7 Å². The van der Waals surface area contributed by atoms with Gasteiger partial charge in [0.1, 0.15) is 17.6 Å². The minimum absolute atomic E-state index is 0.128. The normalized spacial score (nSPS) is 10.8. The fourth-order valence-corrected chi connectivity index (χ4v) is 4.38. The molecule has 0 unspecified atom stereocenters. The van der Waals surface area contributed by atoms with Crippen LogP contribution in [0.4, 0.5) is 5.82 Å². The summed E-state index contributed by atoms with van der Waals surface area (Å²) in [5.41, 5.74) is 3.10. The van der Waals surface area contributed by atoms with Crippen LogP contribution in [0.1, 0.15) is 29.5 Å². The van der Waals surface area contributed by atoms with Crippen molar-refractivity contribution in [3.63, 3.8) is 0 Å². The molecule has 0 saturated heterocycles. The molecular weight excluding hydrogens is 438 g/mol. The lowest BCUT2D eigenvalue weighted by Gasteiger charge is -2.12. The predicted octanol–water partition coefficient (Wildman–Crippen LogP) is 4.02. The lowest BCUT2D eigenvalue weighted by molar-refractivity contribution is -0.113. The Morgan fingerprint density at radius 2 is 2.00 bits per heavy atom. The maximum Gasteiger partial charge on any atom is 0.235 e. The van der Waals surface area contributed by atoms with E-state index in [2.05, 4.69) is 26.6 Å². The van der Waals surface area contributed by atoms with Gasteiger partial charge >= 0.3 is 0 Å². The molecule has 4 aromatic heterocycles. The van der Waals surface area contributed by atoms with Crippen molar-refractivity contribution < 1.29 is 9.21 Å². The SMILES string of the molecule is CCn1c(SCC(=O)Nc2c(C#N)c(C)c(C)n2Cc2ccco2)nnc1-c1ccncc1. The number of amides is 1. The Bertz CT molecular complexity index is 1300. The molecule has 4 heterocycles. The van der Waals surface area contributed by atoms with Gasteiger partial charge in [0, 0.05) is 30.2 Å². The molecule has 10 heteroatoms. The zero-order valence-electron chi connectivity index (χ0n) is 18.6. The summed E-state index contributed by atoms with van der Waals surface area (Å²) in [6.45, 7) is 6.89. The van der Waals surface area contributed by atoms with Gasteiger partial charge in [-0.3, -0.25) is 9.78 Å². The third-order valence-corrected chi connectivity index (χ3v) is 6.36. The molecule has 0 aromatic carbocycles. The van der Waals surface area contributed by atoms with Crippen LogP contribution in [0.3, 0.4) is 0 Å². The highest BCUT2D eigenvalue weighted by molar-refractivity contribution is 7.99. The van der Waals surface area contributed by atoms with E-state index < -0.39 is 0 Å². The number of furan rings is 1. The standard InChI is InChI=1S/C23H23N7O2S/c1-4-29-21(17-7-9-25-10-8-17)27-28-23(29)33-14-20(31)26-22-19(12-24)15(2)16(3)30(22)13-18-6-5-11-32-18/h5-11H,4,13-14H2,1-3H3,(H,26,31). The van der Waals surface area contributed by atoms with Crippen LogP contribution in [0, 0.1) is 25.2 Å². The Kier molecular flexibility index (Phi) is 6.60. The Morgan fingerprint density at radius 3 is 2.67 bits per heavy atom. The smallest absolute Gasteiger partial charge is 0.235 e. The first-order valence-corrected chi connectivity index (χ1v) is 11.4. The maximum atomic E-state index is 12.9. The minimum atomic E-state index is -0.231.